The van der Waals surface area contributed by atoms with Gasteiger partial charge in [-0.05, 0) is 36.4 Å². The van der Waals surface area contributed by atoms with Crippen molar-refractivity contribution in [3.8, 4) is 28.4 Å². The fourth-order valence-electron chi connectivity index (χ4n) is 4.06. The number of pyridine rings is 1. The third-order valence-corrected chi connectivity index (χ3v) is 6.21. The number of hydrogen-bond donors (Lipinski definition) is 3. The molecule has 42 heavy (non-hydrogen) atoms. The standard InChI is InChI=1S/C30H28FN7O4/c1-30(2,3)26-15-27(38(36-26)20-7-5-6-18(12-20)28(39)40)35-29(41)34-24-9-8-21(13-23(24)31)42-22-10-11-32-25(14-22)19-16-33-37(4)17-19/h5-17H,1-4H3,(H,39,40)(H2,34,35,41). The summed E-state index contributed by atoms with van der Waals surface area (Å²) in [4.78, 5) is 28.7. The van der Waals surface area contributed by atoms with Crippen LogP contribution in [0.1, 0.15) is 36.8 Å². The number of nitrogens with one attached hydrogen (secondary N) is 2. The molecule has 0 spiro atoms. The summed E-state index contributed by atoms with van der Waals surface area (Å²) in [6.45, 7) is 5.88. The number of aromatic nitrogens is 5. The van der Waals surface area contributed by atoms with Crippen LogP contribution in [0.15, 0.2) is 79.3 Å². The molecule has 0 atom stereocenters. The number of carboxylic acids is 1. The van der Waals surface area contributed by atoms with Crippen LogP contribution in [0.5, 0.6) is 11.5 Å². The summed E-state index contributed by atoms with van der Waals surface area (Å²) in [6.07, 6.45) is 5.09. The number of carbonyl (C=O) groups is 2. The smallest absolute Gasteiger partial charge is 0.335 e. The molecule has 3 N–H and O–H groups in total. The molecule has 0 fully saturated rings. The summed E-state index contributed by atoms with van der Waals surface area (Å²) < 4.78 is 23.9. The second-order valence-corrected chi connectivity index (χ2v) is 10.5. The Morgan fingerprint density at radius 1 is 1.00 bits per heavy atom. The van der Waals surface area contributed by atoms with Crippen LogP contribution in [0.25, 0.3) is 16.9 Å². The van der Waals surface area contributed by atoms with E-state index >= 15 is 4.39 Å². The lowest BCUT2D eigenvalue weighted by molar-refractivity contribution is 0.0696. The first-order chi connectivity index (χ1) is 20.0. The molecule has 5 aromatic rings. The van der Waals surface area contributed by atoms with E-state index in [1.165, 1.54) is 35.0 Å². The van der Waals surface area contributed by atoms with E-state index in [0.29, 0.717) is 22.8 Å². The summed E-state index contributed by atoms with van der Waals surface area (Å²) in [7, 11) is 1.81. The van der Waals surface area contributed by atoms with Gasteiger partial charge in [0.05, 0.1) is 34.5 Å². The van der Waals surface area contributed by atoms with Gasteiger partial charge in [-0.25, -0.2) is 18.7 Å². The molecule has 214 valence electrons. The van der Waals surface area contributed by atoms with Gasteiger partial charge in [0, 0.05) is 48.6 Å². The number of carboxylic acid groups (broad SMARTS) is 1. The molecule has 3 heterocycles. The minimum Gasteiger partial charge on any atom is -0.478 e. The van der Waals surface area contributed by atoms with Crippen LogP contribution in [0, 0.1) is 5.82 Å². The van der Waals surface area contributed by atoms with E-state index < -0.39 is 17.8 Å². The number of anilines is 2. The number of rotatable bonds is 7. The third-order valence-electron chi connectivity index (χ3n) is 6.21. The molecule has 12 heteroatoms. The summed E-state index contributed by atoms with van der Waals surface area (Å²) in [5.41, 5.74) is 2.20. The monoisotopic (exact) mass is 569 g/mol. The lowest BCUT2D eigenvalue weighted by atomic mass is 9.92. The Labute approximate surface area is 240 Å². The van der Waals surface area contributed by atoms with Crippen LogP contribution in [0.4, 0.5) is 20.7 Å². The zero-order valence-electron chi connectivity index (χ0n) is 23.3. The normalized spacial score (nSPS) is 11.3. The highest BCUT2D eigenvalue weighted by Gasteiger charge is 2.22. The second-order valence-electron chi connectivity index (χ2n) is 10.5. The second kappa shape index (κ2) is 11.2. The Balaban J connectivity index is 1.32. The lowest BCUT2D eigenvalue weighted by Gasteiger charge is -2.14. The van der Waals surface area contributed by atoms with Gasteiger partial charge in [0.1, 0.15) is 23.1 Å². The van der Waals surface area contributed by atoms with Gasteiger partial charge in [-0.2, -0.15) is 10.2 Å². The highest BCUT2D eigenvalue weighted by Crippen LogP contribution is 2.29. The number of halogens is 1. The fourth-order valence-corrected chi connectivity index (χ4v) is 4.06. The van der Waals surface area contributed by atoms with Gasteiger partial charge in [0.2, 0.25) is 0 Å². The Kier molecular flexibility index (Phi) is 7.45. The Hall–Kier alpha value is -5.52. The maximum Gasteiger partial charge on any atom is 0.335 e. The average Bonchev–Trinajstić information content (AvgIpc) is 3.57. The van der Waals surface area contributed by atoms with Crippen LogP contribution in [-0.4, -0.2) is 41.7 Å². The maximum absolute atomic E-state index is 15.0. The Bertz CT molecular complexity index is 1790. The van der Waals surface area contributed by atoms with E-state index in [1.807, 2.05) is 27.0 Å². The van der Waals surface area contributed by atoms with Gasteiger partial charge >= 0.3 is 12.0 Å². The van der Waals surface area contributed by atoms with Gasteiger partial charge in [-0.1, -0.05) is 26.8 Å². The van der Waals surface area contributed by atoms with E-state index in [-0.39, 0.29) is 28.2 Å². The number of benzene rings is 2. The number of ether oxygens (including phenoxy) is 1. The first kappa shape index (κ1) is 28.0. The minimum absolute atomic E-state index is 0.0689. The van der Waals surface area contributed by atoms with E-state index in [9.17, 15) is 14.7 Å². The average molecular weight is 570 g/mol. The summed E-state index contributed by atoms with van der Waals surface area (Å²) >= 11 is 0. The molecule has 0 unspecified atom stereocenters. The van der Waals surface area contributed by atoms with Crippen molar-refractivity contribution in [2.24, 2.45) is 7.05 Å². The highest BCUT2D eigenvalue weighted by molar-refractivity contribution is 5.99. The van der Waals surface area contributed by atoms with Gasteiger partial charge in [-0.3, -0.25) is 15.0 Å². The van der Waals surface area contributed by atoms with Gasteiger partial charge < -0.3 is 15.2 Å². The number of urea groups is 1. The Morgan fingerprint density at radius 2 is 1.79 bits per heavy atom. The van der Waals surface area contributed by atoms with Crippen molar-refractivity contribution in [3.63, 3.8) is 0 Å². The molecule has 2 aromatic carbocycles. The molecule has 0 aliphatic rings. The van der Waals surface area contributed by atoms with E-state index in [1.54, 1.807) is 54.5 Å². The number of aromatic carboxylic acids is 1. The molecular formula is C30H28FN7O4. The van der Waals surface area contributed by atoms with E-state index in [0.717, 1.165) is 5.56 Å². The zero-order valence-corrected chi connectivity index (χ0v) is 23.3. The minimum atomic E-state index is -1.09. The first-order valence-electron chi connectivity index (χ1n) is 12.9. The van der Waals surface area contributed by atoms with Crippen molar-refractivity contribution < 1.29 is 23.8 Å². The molecule has 0 aliphatic heterocycles. The van der Waals surface area contributed by atoms with Crippen molar-refractivity contribution in [1.82, 2.24) is 24.5 Å². The lowest BCUT2D eigenvalue weighted by Crippen LogP contribution is -2.22. The maximum atomic E-state index is 15.0. The molecule has 3 aromatic heterocycles. The molecule has 0 bridgehead atoms. The predicted molar refractivity (Wildman–Crippen MR) is 155 cm³/mol. The largest absolute Gasteiger partial charge is 0.478 e. The SMILES string of the molecule is Cn1cc(-c2cc(Oc3ccc(NC(=O)Nc4cc(C(C)(C)C)nn4-c4cccc(C(=O)O)c4)c(F)c3)ccn2)cn1. The van der Waals surface area contributed by atoms with Crippen LogP contribution < -0.4 is 15.4 Å². The number of amides is 2. The van der Waals surface area contributed by atoms with Crippen molar-refractivity contribution in [2.45, 2.75) is 26.2 Å². The molecular weight excluding hydrogens is 541 g/mol. The number of aryl methyl sites for hydroxylation is 1. The first-order valence-corrected chi connectivity index (χ1v) is 12.9. The van der Waals surface area contributed by atoms with Crippen LogP contribution >= 0.6 is 0 Å². The van der Waals surface area contributed by atoms with Crippen LogP contribution in [-0.2, 0) is 12.5 Å². The summed E-state index contributed by atoms with van der Waals surface area (Å²) in [5.74, 6) is -0.831. The molecule has 11 nitrogen and oxygen atoms in total. The van der Waals surface area contributed by atoms with Crippen molar-refractivity contribution >= 4 is 23.5 Å². The third kappa shape index (κ3) is 6.28. The quantitative estimate of drug-likeness (QED) is 0.211. The van der Waals surface area contributed by atoms with Gasteiger partial charge in [-0.15, -0.1) is 0 Å². The molecule has 0 aliphatic carbocycles. The summed E-state index contributed by atoms with van der Waals surface area (Å²) in [6, 6.07) is 14.6. The van der Waals surface area contributed by atoms with Gasteiger partial charge in [0.25, 0.3) is 0 Å². The van der Waals surface area contributed by atoms with E-state index in [2.05, 4.69) is 25.8 Å². The van der Waals surface area contributed by atoms with Gasteiger partial charge in [0.15, 0.2) is 0 Å². The van der Waals surface area contributed by atoms with Crippen molar-refractivity contribution in [1.29, 1.82) is 0 Å². The number of nitrogens with zero attached hydrogens (tertiary/aromatic N) is 5. The van der Waals surface area contributed by atoms with E-state index in [4.69, 9.17) is 4.74 Å². The zero-order chi connectivity index (χ0) is 30.0. The molecule has 5 rings (SSSR count). The summed E-state index contributed by atoms with van der Waals surface area (Å²) in [5, 5.41) is 23.3. The van der Waals surface area contributed by atoms with Crippen LogP contribution in [0.3, 0.4) is 0 Å². The van der Waals surface area contributed by atoms with Crippen molar-refractivity contribution in [2.75, 3.05) is 10.6 Å². The van der Waals surface area contributed by atoms with Crippen LogP contribution in [0.2, 0.25) is 0 Å². The molecule has 2 amide bonds. The van der Waals surface area contributed by atoms with Crippen molar-refractivity contribution in [3.05, 3.63) is 96.3 Å². The molecule has 0 radical (unpaired) electrons. The Morgan fingerprint density at radius 3 is 2.48 bits per heavy atom. The predicted octanol–water partition coefficient (Wildman–Crippen LogP) is 6.24. The molecule has 0 saturated heterocycles. The fraction of sp³-hybridized carbons (Fsp3) is 0.167. The molecule has 0 saturated carbocycles. The number of hydrogen-bond acceptors (Lipinski definition) is 6. The topological polar surface area (TPSA) is 136 Å². The highest BCUT2D eigenvalue weighted by atomic mass is 19.1. The number of carbonyl (C=O) groups excluding carboxylic acids is 1.